The molecule has 5 aromatic rings. The molecule has 0 bridgehead atoms. The summed E-state index contributed by atoms with van der Waals surface area (Å²) in [6.07, 6.45) is -0.615. The van der Waals surface area contributed by atoms with Crippen LogP contribution in [0.2, 0.25) is 0 Å². The van der Waals surface area contributed by atoms with E-state index in [1.807, 2.05) is 6.07 Å². The summed E-state index contributed by atoms with van der Waals surface area (Å²) in [6, 6.07) is 16.3. The largest absolute Gasteiger partial charge is 0.478 e. The number of rotatable bonds is 9. The molecule has 10 nitrogen and oxygen atoms in total. The third kappa shape index (κ3) is 6.56. The first kappa shape index (κ1) is 32.2. The maximum Gasteiger partial charge on any atom is 0.335 e. The monoisotopic (exact) mass is 655 g/mol. The van der Waals surface area contributed by atoms with Gasteiger partial charge in [0.05, 0.1) is 46.1 Å². The lowest BCUT2D eigenvalue weighted by Gasteiger charge is -2.24. The van der Waals surface area contributed by atoms with Gasteiger partial charge < -0.3 is 24.4 Å². The molecule has 1 aliphatic rings. The van der Waals surface area contributed by atoms with E-state index in [4.69, 9.17) is 10.00 Å². The SMILES string of the molecule is CC(=O)N1C[C@H](O)C[C@@H]1Cn1c(Cc2cc(F)c(-c3cccc(OCc4ccc(C#N)cc4F)n3)cc2F)nc2ccc(C(=O)O)cc21. The second-order valence-electron chi connectivity index (χ2n) is 11.5. The summed E-state index contributed by atoms with van der Waals surface area (Å²) in [6.45, 7) is 1.49. The second kappa shape index (κ2) is 13.2. The van der Waals surface area contributed by atoms with Crippen molar-refractivity contribution in [3.8, 4) is 23.2 Å². The summed E-state index contributed by atoms with van der Waals surface area (Å²) in [5, 5.41) is 28.8. The number of nitriles is 1. The Labute approximate surface area is 272 Å². The van der Waals surface area contributed by atoms with E-state index in [-0.39, 0.29) is 77.8 Å². The molecule has 2 N–H and O–H groups in total. The molecule has 0 saturated carbocycles. The van der Waals surface area contributed by atoms with Crippen molar-refractivity contribution in [1.29, 1.82) is 5.26 Å². The summed E-state index contributed by atoms with van der Waals surface area (Å²) in [4.78, 5) is 34.4. The van der Waals surface area contributed by atoms with E-state index in [0.29, 0.717) is 16.9 Å². The first-order valence-electron chi connectivity index (χ1n) is 14.9. The molecule has 1 fully saturated rings. The Morgan fingerprint density at radius 3 is 2.52 bits per heavy atom. The fourth-order valence-corrected chi connectivity index (χ4v) is 5.93. The van der Waals surface area contributed by atoms with E-state index in [9.17, 15) is 24.2 Å². The van der Waals surface area contributed by atoms with Crippen molar-refractivity contribution in [2.45, 2.75) is 45.1 Å². The normalized spacial score (nSPS) is 15.9. The smallest absolute Gasteiger partial charge is 0.335 e. The van der Waals surface area contributed by atoms with Gasteiger partial charge in [-0.15, -0.1) is 0 Å². The maximum absolute atomic E-state index is 15.7. The molecule has 0 radical (unpaired) electrons. The van der Waals surface area contributed by atoms with E-state index in [0.717, 1.165) is 18.2 Å². The average molecular weight is 656 g/mol. The number of halogens is 3. The molecule has 1 saturated heterocycles. The summed E-state index contributed by atoms with van der Waals surface area (Å²) in [5.41, 5.74) is 1.14. The Morgan fingerprint density at radius 1 is 1.00 bits per heavy atom. The van der Waals surface area contributed by atoms with Crippen LogP contribution in [0.1, 0.15) is 46.2 Å². The Balaban J connectivity index is 1.29. The lowest BCUT2D eigenvalue weighted by Crippen LogP contribution is -2.37. The minimum atomic E-state index is -1.15. The third-order valence-corrected chi connectivity index (χ3v) is 8.31. The Bertz CT molecular complexity index is 2110. The maximum atomic E-state index is 15.7. The minimum Gasteiger partial charge on any atom is -0.478 e. The molecule has 48 heavy (non-hydrogen) atoms. The number of amides is 1. The number of carboxylic acid groups (broad SMARTS) is 1. The molecule has 1 aliphatic heterocycles. The first-order valence-corrected chi connectivity index (χ1v) is 14.9. The van der Waals surface area contributed by atoms with Crippen molar-refractivity contribution < 1.29 is 37.7 Å². The molecule has 13 heteroatoms. The molecule has 3 aromatic carbocycles. The quantitative estimate of drug-likeness (QED) is 0.220. The zero-order chi connectivity index (χ0) is 34.1. The van der Waals surface area contributed by atoms with E-state index in [1.165, 1.54) is 60.4 Å². The van der Waals surface area contributed by atoms with Gasteiger partial charge in [0.2, 0.25) is 11.8 Å². The molecule has 2 atom stereocenters. The molecular formula is C35H28F3N5O5. The van der Waals surface area contributed by atoms with Crippen LogP contribution in [0.4, 0.5) is 13.2 Å². The molecule has 1 amide bonds. The summed E-state index contributed by atoms with van der Waals surface area (Å²) >= 11 is 0. The fourth-order valence-electron chi connectivity index (χ4n) is 5.93. The highest BCUT2D eigenvalue weighted by Gasteiger charge is 2.34. The number of nitrogens with zero attached hydrogens (tertiary/aromatic N) is 5. The second-order valence-corrected chi connectivity index (χ2v) is 11.5. The molecule has 2 aromatic heterocycles. The zero-order valence-electron chi connectivity index (χ0n) is 25.5. The van der Waals surface area contributed by atoms with Gasteiger partial charge in [-0.05, 0) is 60.5 Å². The first-order chi connectivity index (χ1) is 23.0. The van der Waals surface area contributed by atoms with Gasteiger partial charge in [0, 0.05) is 43.6 Å². The lowest BCUT2D eigenvalue weighted by molar-refractivity contribution is -0.130. The molecule has 0 spiro atoms. The number of pyridine rings is 1. The number of aromatic nitrogens is 3. The van der Waals surface area contributed by atoms with Crippen LogP contribution in [0, 0.1) is 28.8 Å². The molecule has 0 unspecified atom stereocenters. The minimum absolute atomic E-state index is 0.00686. The van der Waals surface area contributed by atoms with Gasteiger partial charge in [-0.3, -0.25) is 4.79 Å². The van der Waals surface area contributed by atoms with Crippen molar-refractivity contribution in [2.75, 3.05) is 6.54 Å². The van der Waals surface area contributed by atoms with Crippen LogP contribution < -0.4 is 4.74 Å². The number of ether oxygens (including phenoxy) is 1. The van der Waals surface area contributed by atoms with Crippen molar-refractivity contribution in [2.24, 2.45) is 0 Å². The number of likely N-dealkylation sites (tertiary alicyclic amines) is 1. The average Bonchev–Trinajstić information content (AvgIpc) is 3.60. The predicted molar refractivity (Wildman–Crippen MR) is 166 cm³/mol. The van der Waals surface area contributed by atoms with Crippen LogP contribution in [0.5, 0.6) is 5.88 Å². The van der Waals surface area contributed by atoms with Gasteiger partial charge in [-0.2, -0.15) is 5.26 Å². The van der Waals surface area contributed by atoms with Crippen molar-refractivity contribution >= 4 is 22.9 Å². The molecular weight excluding hydrogens is 627 g/mol. The molecule has 244 valence electrons. The highest BCUT2D eigenvalue weighted by Crippen LogP contribution is 2.30. The fraction of sp³-hybridized carbons (Fsp3) is 0.229. The molecule has 6 rings (SSSR count). The number of fused-ring (bicyclic) bond motifs is 1. The van der Waals surface area contributed by atoms with Gasteiger partial charge in [0.1, 0.15) is 29.9 Å². The number of carbonyl (C=O) groups is 2. The number of hydrogen-bond acceptors (Lipinski definition) is 7. The number of benzene rings is 3. The predicted octanol–water partition coefficient (Wildman–Crippen LogP) is 5.24. The number of carbonyl (C=O) groups excluding carboxylic acids is 1. The lowest BCUT2D eigenvalue weighted by atomic mass is 10.0. The number of aromatic carboxylic acids is 1. The number of β-amino-alcohol motifs (C(OH)–C–C–N with tert-alkyl or cyclic N) is 1. The van der Waals surface area contributed by atoms with Crippen molar-refractivity contribution in [3.63, 3.8) is 0 Å². The van der Waals surface area contributed by atoms with Gasteiger partial charge in [-0.25, -0.2) is 27.9 Å². The third-order valence-electron chi connectivity index (χ3n) is 8.31. The van der Waals surface area contributed by atoms with Crippen LogP contribution in [0.3, 0.4) is 0 Å². The molecule has 3 heterocycles. The van der Waals surface area contributed by atoms with Crippen LogP contribution in [0.15, 0.2) is 66.7 Å². The number of aliphatic hydroxyl groups excluding tert-OH is 1. The summed E-state index contributed by atoms with van der Waals surface area (Å²) < 4.78 is 52.8. The van der Waals surface area contributed by atoms with Gasteiger partial charge >= 0.3 is 5.97 Å². The number of imidazole rings is 1. The topological polar surface area (TPSA) is 142 Å². The van der Waals surface area contributed by atoms with E-state index in [1.54, 1.807) is 4.57 Å². The van der Waals surface area contributed by atoms with Crippen LogP contribution in [-0.4, -0.2) is 60.2 Å². The number of carboxylic acids is 1. The van der Waals surface area contributed by atoms with Crippen LogP contribution >= 0.6 is 0 Å². The van der Waals surface area contributed by atoms with Gasteiger partial charge in [-0.1, -0.05) is 12.1 Å². The standard InChI is InChI=1S/C35H28F3N5O5/c1-19(44)42-17-25(45)13-24(42)16-43-32-11-21(35(46)47)7-8-31(32)40-33(43)12-23-10-29(38)26(14-28(23)37)30-3-2-4-34(41-30)48-18-22-6-5-20(15-39)9-27(22)36/h2-11,14,24-25,45H,12-13,16-18H2,1H3,(H,46,47)/t24-,25-/m1/s1. The van der Waals surface area contributed by atoms with Gasteiger partial charge in [0.15, 0.2) is 0 Å². The number of hydrogen-bond donors (Lipinski definition) is 2. The van der Waals surface area contributed by atoms with Crippen molar-refractivity contribution in [3.05, 3.63) is 112 Å². The van der Waals surface area contributed by atoms with Crippen LogP contribution in [-0.2, 0) is 24.4 Å². The Hall–Kier alpha value is -5.74. The van der Waals surface area contributed by atoms with Crippen molar-refractivity contribution in [1.82, 2.24) is 19.4 Å². The van der Waals surface area contributed by atoms with Gasteiger partial charge in [0.25, 0.3) is 0 Å². The van der Waals surface area contributed by atoms with Crippen LogP contribution in [0.25, 0.3) is 22.3 Å². The Morgan fingerprint density at radius 2 is 1.79 bits per heavy atom. The van der Waals surface area contributed by atoms with E-state index in [2.05, 4.69) is 9.97 Å². The highest BCUT2D eigenvalue weighted by atomic mass is 19.1. The zero-order valence-corrected chi connectivity index (χ0v) is 25.5. The summed E-state index contributed by atoms with van der Waals surface area (Å²) in [7, 11) is 0. The highest BCUT2D eigenvalue weighted by molar-refractivity contribution is 5.92. The van der Waals surface area contributed by atoms with E-state index >= 15 is 8.78 Å². The van der Waals surface area contributed by atoms with E-state index < -0.39 is 35.6 Å². The summed E-state index contributed by atoms with van der Waals surface area (Å²) in [5.74, 6) is -3.17. The Kier molecular flexibility index (Phi) is 8.84. The molecule has 0 aliphatic carbocycles. The number of aliphatic hydroxyl groups is 1.